The molecule has 1 atom stereocenters. The lowest BCUT2D eigenvalue weighted by molar-refractivity contribution is -0.137. The number of anilines is 1. The van der Waals surface area contributed by atoms with Gasteiger partial charge in [-0.25, -0.2) is 14.8 Å². The van der Waals surface area contributed by atoms with Gasteiger partial charge >= 0.3 is 5.97 Å². The summed E-state index contributed by atoms with van der Waals surface area (Å²) < 4.78 is 0. The third-order valence-corrected chi connectivity index (χ3v) is 4.30. The molecular formula is C16H15N3O2S. The van der Waals surface area contributed by atoms with E-state index in [-0.39, 0.29) is 0 Å². The molecule has 0 radical (unpaired) electrons. The fourth-order valence-electron chi connectivity index (χ4n) is 2.31. The quantitative estimate of drug-likeness (QED) is 0.757. The number of nitrogens with zero attached hydrogens (tertiary/aromatic N) is 2. The highest BCUT2D eigenvalue weighted by molar-refractivity contribution is 7.18. The summed E-state index contributed by atoms with van der Waals surface area (Å²) in [4.78, 5) is 21.9. The number of aryl methyl sites for hydroxylation is 1. The smallest absolute Gasteiger partial charge is 0.326 e. The van der Waals surface area contributed by atoms with Crippen molar-refractivity contribution in [2.24, 2.45) is 0 Å². The molecule has 2 N–H and O–H groups in total. The monoisotopic (exact) mass is 313 g/mol. The first-order chi connectivity index (χ1) is 10.6. The Morgan fingerprint density at radius 1 is 1.32 bits per heavy atom. The van der Waals surface area contributed by atoms with Crippen LogP contribution in [0.25, 0.3) is 10.2 Å². The fraction of sp³-hybridized carbons (Fsp3) is 0.188. The van der Waals surface area contributed by atoms with Crippen LogP contribution in [-0.2, 0) is 11.2 Å². The number of aliphatic carboxylic acids is 1. The van der Waals surface area contributed by atoms with Gasteiger partial charge in [0.2, 0.25) is 0 Å². The number of rotatable bonds is 5. The number of aromatic nitrogens is 2. The molecule has 0 spiro atoms. The summed E-state index contributed by atoms with van der Waals surface area (Å²) in [5, 5.41) is 13.4. The van der Waals surface area contributed by atoms with Crippen molar-refractivity contribution in [3.05, 3.63) is 53.2 Å². The maximum absolute atomic E-state index is 11.5. The summed E-state index contributed by atoms with van der Waals surface area (Å²) in [6, 6.07) is 10.8. The van der Waals surface area contributed by atoms with E-state index in [4.69, 9.17) is 0 Å². The van der Waals surface area contributed by atoms with Gasteiger partial charge in [0, 0.05) is 11.3 Å². The largest absolute Gasteiger partial charge is 0.480 e. The highest BCUT2D eigenvalue weighted by Gasteiger charge is 2.20. The average Bonchev–Trinajstić information content (AvgIpc) is 2.89. The average molecular weight is 313 g/mol. The second kappa shape index (κ2) is 6.11. The van der Waals surface area contributed by atoms with E-state index in [0.29, 0.717) is 12.2 Å². The van der Waals surface area contributed by atoms with Crippen molar-refractivity contribution in [2.45, 2.75) is 19.4 Å². The van der Waals surface area contributed by atoms with Crippen LogP contribution in [0.2, 0.25) is 0 Å². The van der Waals surface area contributed by atoms with Gasteiger partial charge in [0.1, 0.15) is 23.0 Å². The van der Waals surface area contributed by atoms with E-state index < -0.39 is 12.0 Å². The van der Waals surface area contributed by atoms with Gasteiger partial charge in [0.05, 0.1) is 5.39 Å². The number of carboxylic acids is 1. The first-order valence-corrected chi connectivity index (χ1v) is 7.69. The predicted octanol–water partition coefficient (Wildman–Crippen LogP) is 3.11. The van der Waals surface area contributed by atoms with Crippen molar-refractivity contribution >= 4 is 33.3 Å². The van der Waals surface area contributed by atoms with Gasteiger partial charge in [-0.2, -0.15) is 0 Å². The maximum atomic E-state index is 11.5. The molecule has 0 aliphatic carbocycles. The molecule has 6 heteroatoms. The molecule has 2 aromatic heterocycles. The summed E-state index contributed by atoms with van der Waals surface area (Å²) in [5.74, 6) is -0.333. The van der Waals surface area contributed by atoms with Crippen molar-refractivity contribution in [3.8, 4) is 0 Å². The first-order valence-electron chi connectivity index (χ1n) is 6.88. The Labute approximate surface area is 131 Å². The molecule has 3 rings (SSSR count). The van der Waals surface area contributed by atoms with Gasteiger partial charge in [-0.15, -0.1) is 11.3 Å². The fourth-order valence-corrected chi connectivity index (χ4v) is 3.15. The minimum atomic E-state index is -0.900. The minimum absolute atomic E-state index is 0.394. The molecule has 0 aliphatic heterocycles. The number of thiophene rings is 1. The molecule has 3 aromatic rings. The Hall–Kier alpha value is -2.47. The minimum Gasteiger partial charge on any atom is -0.480 e. The highest BCUT2D eigenvalue weighted by atomic mass is 32.1. The molecular weight excluding hydrogens is 298 g/mol. The molecule has 112 valence electrons. The van der Waals surface area contributed by atoms with E-state index >= 15 is 0 Å². The molecule has 0 aliphatic rings. The van der Waals surface area contributed by atoms with E-state index in [1.54, 1.807) is 11.3 Å². The van der Waals surface area contributed by atoms with Gasteiger partial charge in [0.15, 0.2) is 0 Å². The standard InChI is InChI=1S/C16H15N3O2S/c1-10-7-12-14(17-9-18-15(12)22-10)19-13(16(20)21)8-11-5-3-2-4-6-11/h2-7,9,13H,8H2,1H3,(H,20,21)(H,17,18,19). The third-order valence-electron chi connectivity index (χ3n) is 3.34. The zero-order valence-corrected chi connectivity index (χ0v) is 12.8. The van der Waals surface area contributed by atoms with Crippen molar-refractivity contribution in [1.82, 2.24) is 9.97 Å². The third kappa shape index (κ3) is 3.07. The van der Waals surface area contributed by atoms with Crippen LogP contribution >= 0.6 is 11.3 Å². The number of hydrogen-bond acceptors (Lipinski definition) is 5. The van der Waals surface area contributed by atoms with Crippen LogP contribution in [-0.4, -0.2) is 27.1 Å². The Morgan fingerprint density at radius 2 is 2.09 bits per heavy atom. The second-order valence-electron chi connectivity index (χ2n) is 5.02. The predicted molar refractivity (Wildman–Crippen MR) is 87.3 cm³/mol. The normalized spacial score (nSPS) is 12.2. The van der Waals surface area contributed by atoms with Crippen molar-refractivity contribution in [2.75, 3.05) is 5.32 Å². The molecule has 0 saturated heterocycles. The molecule has 1 unspecified atom stereocenters. The summed E-state index contributed by atoms with van der Waals surface area (Å²) >= 11 is 1.57. The summed E-state index contributed by atoms with van der Waals surface area (Å²) in [5.41, 5.74) is 0.967. The van der Waals surface area contributed by atoms with Gasteiger partial charge in [-0.3, -0.25) is 0 Å². The molecule has 1 aromatic carbocycles. The van der Waals surface area contributed by atoms with Gasteiger partial charge in [-0.1, -0.05) is 30.3 Å². The SMILES string of the molecule is Cc1cc2c(NC(Cc3ccccc3)C(=O)O)ncnc2s1. The van der Waals surface area contributed by atoms with Crippen LogP contribution in [0.4, 0.5) is 5.82 Å². The Bertz CT molecular complexity index is 802. The molecule has 0 saturated carbocycles. The molecule has 0 fully saturated rings. The zero-order chi connectivity index (χ0) is 15.5. The number of fused-ring (bicyclic) bond motifs is 1. The van der Waals surface area contributed by atoms with E-state index in [1.165, 1.54) is 6.33 Å². The molecule has 0 amide bonds. The molecule has 5 nitrogen and oxygen atoms in total. The molecule has 0 bridgehead atoms. The number of nitrogens with one attached hydrogen (secondary N) is 1. The lowest BCUT2D eigenvalue weighted by atomic mass is 10.1. The Kier molecular flexibility index (Phi) is 4.02. The first kappa shape index (κ1) is 14.5. The van der Waals surface area contributed by atoms with Crippen LogP contribution in [0.5, 0.6) is 0 Å². The summed E-state index contributed by atoms with van der Waals surface area (Å²) in [6.07, 6.45) is 1.85. The van der Waals surface area contributed by atoms with Crippen molar-refractivity contribution < 1.29 is 9.90 Å². The lowest BCUT2D eigenvalue weighted by Gasteiger charge is -2.15. The number of carbonyl (C=O) groups is 1. The van der Waals surface area contributed by atoms with E-state index in [9.17, 15) is 9.90 Å². The van der Waals surface area contributed by atoms with Gasteiger partial charge in [-0.05, 0) is 18.6 Å². The number of carboxylic acid groups (broad SMARTS) is 1. The van der Waals surface area contributed by atoms with Crippen molar-refractivity contribution in [3.63, 3.8) is 0 Å². The van der Waals surface area contributed by atoms with E-state index in [0.717, 1.165) is 20.7 Å². The topological polar surface area (TPSA) is 75.1 Å². The van der Waals surface area contributed by atoms with Crippen LogP contribution in [0.3, 0.4) is 0 Å². The van der Waals surface area contributed by atoms with Crippen LogP contribution < -0.4 is 5.32 Å². The van der Waals surface area contributed by atoms with Gasteiger partial charge < -0.3 is 10.4 Å². The molecule has 2 heterocycles. The highest BCUT2D eigenvalue weighted by Crippen LogP contribution is 2.28. The van der Waals surface area contributed by atoms with Crippen LogP contribution in [0.1, 0.15) is 10.4 Å². The number of hydrogen-bond donors (Lipinski definition) is 2. The lowest BCUT2D eigenvalue weighted by Crippen LogP contribution is -2.32. The number of benzene rings is 1. The molecule has 22 heavy (non-hydrogen) atoms. The van der Waals surface area contributed by atoms with E-state index in [1.807, 2.05) is 43.3 Å². The maximum Gasteiger partial charge on any atom is 0.326 e. The summed E-state index contributed by atoms with van der Waals surface area (Å²) in [7, 11) is 0. The summed E-state index contributed by atoms with van der Waals surface area (Å²) in [6.45, 7) is 1.99. The van der Waals surface area contributed by atoms with Gasteiger partial charge in [0.25, 0.3) is 0 Å². The van der Waals surface area contributed by atoms with Crippen LogP contribution in [0.15, 0.2) is 42.7 Å². The van der Waals surface area contributed by atoms with E-state index in [2.05, 4.69) is 15.3 Å². The Morgan fingerprint density at radius 3 is 2.82 bits per heavy atom. The van der Waals surface area contributed by atoms with Crippen LogP contribution in [0, 0.1) is 6.92 Å². The second-order valence-corrected chi connectivity index (χ2v) is 6.26. The zero-order valence-electron chi connectivity index (χ0n) is 12.0. The Balaban J connectivity index is 1.88. The van der Waals surface area contributed by atoms with Crippen molar-refractivity contribution in [1.29, 1.82) is 0 Å².